The molecule has 176 valence electrons. The van der Waals surface area contributed by atoms with E-state index in [1.54, 1.807) is 36.4 Å². The van der Waals surface area contributed by atoms with E-state index in [1.165, 1.54) is 25.3 Å². The molecule has 3 aromatic rings. The van der Waals surface area contributed by atoms with Crippen molar-refractivity contribution in [1.29, 1.82) is 5.26 Å². The zero-order valence-electron chi connectivity index (χ0n) is 18.4. The molecule has 0 spiro atoms. The molecule has 3 amide bonds. The molecular formula is C25H18ClN3O6. The van der Waals surface area contributed by atoms with Crippen molar-refractivity contribution >= 4 is 35.6 Å². The Kier molecular flexibility index (Phi) is 6.85. The van der Waals surface area contributed by atoms with Gasteiger partial charge in [0.1, 0.15) is 23.8 Å². The van der Waals surface area contributed by atoms with Crippen LogP contribution in [0.2, 0.25) is 5.02 Å². The second-order valence-corrected chi connectivity index (χ2v) is 7.79. The van der Waals surface area contributed by atoms with Crippen LogP contribution in [-0.4, -0.2) is 29.9 Å². The number of benzene rings is 2. The van der Waals surface area contributed by atoms with Crippen molar-refractivity contribution in [1.82, 2.24) is 10.2 Å². The Morgan fingerprint density at radius 1 is 1.20 bits per heavy atom. The first-order valence-corrected chi connectivity index (χ1v) is 10.7. The largest absolute Gasteiger partial charge is 0.487 e. The Morgan fingerprint density at radius 2 is 2.00 bits per heavy atom. The number of imide groups is 1. The van der Waals surface area contributed by atoms with Gasteiger partial charge >= 0.3 is 12.0 Å². The number of methoxy groups -OCH3 is 1. The molecule has 9 nitrogen and oxygen atoms in total. The molecule has 1 aliphatic heterocycles. The van der Waals surface area contributed by atoms with E-state index in [0.717, 1.165) is 10.5 Å². The molecule has 0 aliphatic carbocycles. The first-order valence-electron chi connectivity index (χ1n) is 10.3. The minimum atomic E-state index is -0.660. The van der Waals surface area contributed by atoms with Crippen molar-refractivity contribution in [3.63, 3.8) is 0 Å². The lowest BCUT2D eigenvalue weighted by atomic mass is 10.1. The maximum Gasteiger partial charge on any atom is 0.373 e. The zero-order valence-corrected chi connectivity index (χ0v) is 19.2. The number of carbonyl (C=O) groups excluding carboxylic acids is 3. The summed E-state index contributed by atoms with van der Waals surface area (Å²) in [5.74, 6) is -0.594. The second kappa shape index (κ2) is 10.2. The van der Waals surface area contributed by atoms with E-state index in [2.05, 4.69) is 16.1 Å². The van der Waals surface area contributed by atoms with Gasteiger partial charge in [-0.3, -0.25) is 9.69 Å². The summed E-state index contributed by atoms with van der Waals surface area (Å²) in [7, 11) is 1.22. The van der Waals surface area contributed by atoms with E-state index in [-0.39, 0.29) is 30.4 Å². The van der Waals surface area contributed by atoms with Crippen molar-refractivity contribution in [2.24, 2.45) is 0 Å². The number of nitrogens with one attached hydrogen (secondary N) is 1. The third-order valence-corrected chi connectivity index (χ3v) is 5.41. The van der Waals surface area contributed by atoms with Crippen molar-refractivity contribution in [2.45, 2.75) is 13.2 Å². The lowest BCUT2D eigenvalue weighted by Gasteiger charge is -2.10. The lowest BCUT2D eigenvalue weighted by molar-refractivity contribution is -0.123. The first-order chi connectivity index (χ1) is 16.9. The van der Waals surface area contributed by atoms with E-state index >= 15 is 0 Å². The van der Waals surface area contributed by atoms with Crippen LogP contribution in [0.4, 0.5) is 4.79 Å². The number of halogens is 1. The van der Waals surface area contributed by atoms with Crippen LogP contribution < -0.4 is 10.1 Å². The summed E-state index contributed by atoms with van der Waals surface area (Å²) in [6.45, 7) is 0.00850. The van der Waals surface area contributed by atoms with Gasteiger partial charge in [-0.1, -0.05) is 35.9 Å². The van der Waals surface area contributed by atoms with Crippen molar-refractivity contribution in [3.05, 3.63) is 93.5 Å². The monoisotopic (exact) mass is 491 g/mol. The van der Waals surface area contributed by atoms with E-state index in [0.29, 0.717) is 21.9 Å². The summed E-state index contributed by atoms with van der Waals surface area (Å²) in [5.41, 5.74) is 1.87. The number of urea groups is 1. The number of rotatable bonds is 7. The number of furan rings is 1. The molecule has 0 saturated carbocycles. The highest BCUT2D eigenvalue weighted by Gasteiger charge is 2.34. The highest BCUT2D eigenvalue weighted by atomic mass is 35.5. The van der Waals surface area contributed by atoms with Gasteiger partial charge < -0.3 is 19.2 Å². The molecule has 2 heterocycles. The van der Waals surface area contributed by atoms with Gasteiger partial charge in [0.15, 0.2) is 0 Å². The molecular weight excluding hydrogens is 474 g/mol. The molecule has 1 N–H and O–H groups in total. The smallest absolute Gasteiger partial charge is 0.373 e. The number of hydrogen-bond donors (Lipinski definition) is 1. The fraction of sp³-hybridized carbons (Fsp3) is 0.120. The van der Waals surface area contributed by atoms with Crippen LogP contribution in [0, 0.1) is 11.3 Å². The van der Waals surface area contributed by atoms with Crippen LogP contribution in [0.5, 0.6) is 5.75 Å². The average Bonchev–Trinajstić information content (AvgIpc) is 3.43. The van der Waals surface area contributed by atoms with Gasteiger partial charge in [-0.05, 0) is 42.0 Å². The fourth-order valence-corrected chi connectivity index (χ4v) is 3.59. The number of ether oxygens (including phenoxy) is 2. The van der Waals surface area contributed by atoms with Crippen LogP contribution in [0.1, 0.15) is 33.0 Å². The van der Waals surface area contributed by atoms with Crippen LogP contribution in [0.15, 0.2) is 64.7 Å². The molecule has 10 heteroatoms. The van der Waals surface area contributed by atoms with Crippen LogP contribution in [0.25, 0.3) is 6.08 Å². The normalized spacial score (nSPS) is 14.1. The number of esters is 1. The predicted molar refractivity (Wildman–Crippen MR) is 124 cm³/mol. The van der Waals surface area contributed by atoms with Gasteiger partial charge in [0, 0.05) is 5.56 Å². The average molecular weight is 492 g/mol. The van der Waals surface area contributed by atoms with Crippen molar-refractivity contribution in [2.75, 3.05) is 7.11 Å². The molecule has 0 bridgehead atoms. The van der Waals surface area contributed by atoms with Gasteiger partial charge in [0.2, 0.25) is 5.76 Å². The first kappa shape index (κ1) is 23.6. The summed E-state index contributed by atoms with van der Waals surface area (Å²) in [5, 5.41) is 12.0. The van der Waals surface area contributed by atoms with Crippen LogP contribution >= 0.6 is 11.6 Å². The third-order valence-electron chi connectivity index (χ3n) is 5.11. The quantitative estimate of drug-likeness (QED) is 0.297. The topological polar surface area (TPSA) is 122 Å². The molecule has 1 aliphatic rings. The lowest BCUT2D eigenvalue weighted by Crippen LogP contribution is -2.30. The van der Waals surface area contributed by atoms with E-state index in [1.807, 2.05) is 6.07 Å². The number of nitrogens with zero attached hydrogens (tertiary/aromatic N) is 2. The molecule has 4 rings (SSSR count). The van der Waals surface area contributed by atoms with Crippen LogP contribution in [-0.2, 0) is 22.7 Å². The van der Waals surface area contributed by atoms with Crippen molar-refractivity contribution < 1.29 is 28.3 Å². The van der Waals surface area contributed by atoms with Gasteiger partial charge in [-0.15, -0.1) is 0 Å². The summed E-state index contributed by atoms with van der Waals surface area (Å²) in [6, 6.07) is 16.4. The van der Waals surface area contributed by atoms with Gasteiger partial charge in [0.05, 0.1) is 30.3 Å². The number of amides is 3. The molecule has 2 aromatic carbocycles. The zero-order chi connectivity index (χ0) is 24.9. The summed E-state index contributed by atoms with van der Waals surface area (Å²) in [4.78, 5) is 37.6. The number of nitriles is 1. The Hall–Kier alpha value is -4.55. The highest BCUT2D eigenvalue weighted by molar-refractivity contribution is 6.32. The van der Waals surface area contributed by atoms with Gasteiger partial charge in [-0.25, -0.2) is 9.59 Å². The number of carbonyl (C=O) groups is 3. The minimum Gasteiger partial charge on any atom is -0.487 e. The highest BCUT2D eigenvalue weighted by Crippen LogP contribution is 2.28. The fourth-order valence-electron chi connectivity index (χ4n) is 3.35. The molecule has 1 fully saturated rings. The summed E-state index contributed by atoms with van der Waals surface area (Å²) in [6.07, 6.45) is 1.49. The maximum atomic E-state index is 12.8. The molecule has 1 aromatic heterocycles. The molecule has 0 radical (unpaired) electrons. The SMILES string of the molecule is COC(=O)c1ccc(CN2C(=O)NC(=Cc3ccc(OCc4ccccc4C#N)c(Cl)c3)C2=O)o1. The molecule has 1 saturated heterocycles. The third kappa shape index (κ3) is 5.18. The Balaban J connectivity index is 1.44. The van der Waals surface area contributed by atoms with E-state index in [4.69, 9.17) is 20.8 Å². The van der Waals surface area contributed by atoms with Gasteiger partial charge in [0.25, 0.3) is 5.91 Å². The Bertz CT molecular complexity index is 1390. The van der Waals surface area contributed by atoms with E-state index in [9.17, 15) is 19.6 Å². The summed E-state index contributed by atoms with van der Waals surface area (Å²) < 4.78 is 15.7. The molecule has 0 unspecified atom stereocenters. The standard InChI is InChI=1S/C25H18ClN3O6/c1-33-24(31)22-9-7-18(35-22)13-29-23(30)20(28-25(29)32)11-15-6-8-21(19(26)10-15)34-14-17-5-3-2-4-16(17)12-27/h2-11H,13-14H2,1H3,(H,28,32). The molecule has 35 heavy (non-hydrogen) atoms. The maximum absolute atomic E-state index is 12.8. The molecule has 0 atom stereocenters. The van der Waals surface area contributed by atoms with Gasteiger partial charge in [-0.2, -0.15) is 5.26 Å². The van der Waals surface area contributed by atoms with E-state index < -0.39 is 17.9 Å². The van der Waals surface area contributed by atoms with Crippen LogP contribution in [0.3, 0.4) is 0 Å². The summed E-state index contributed by atoms with van der Waals surface area (Å²) >= 11 is 6.34. The minimum absolute atomic E-state index is 0.0293. The number of hydrogen-bond acceptors (Lipinski definition) is 7. The Labute approximate surface area is 205 Å². The second-order valence-electron chi connectivity index (χ2n) is 7.38. The Morgan fingerprint density at radius 3 is 2.74 bits per heavy atom. The predicted octanol–water partition coefficient (Wildman–Crippen LogP) is 4.26. The van der Waals surface area contributed by atoms with Crippen molar-refractivity contribution in [3.8, 4) is 11.8 Å².